The van der Waals surface area contributed by atoms with Gasteiger partial charge in [-0.1, -0.05) is 12.8 Å². The topological polar surface area (TPSA) is 81.8 Å². The first-order chi connectivity index (χ1) is 10.0. The van der Waals surface area contributed by atoms with Gasteiger partial charge < -0.3 is 15.5 Å². The number of carbonyl (C=O) groups is 3. The van der Waals surface area contributed by atoms with Gasteiger partial charge >= 0.3 is 6.03 Å². The summed E-state index contributed by atoms with van der Waals surface area (Å²) < 4.78 is 0. The molecule has 2 N–H and O–H groups in total. The summed E-state index contributed by atoms with van der Waals surface area (Å²) in [5.41, 5.74) is -0.731. The summed E-state index contributed by atoms with van der Waals surface area (Å²) in [5, 5.41) is 6.00. The molecule has 0 bridgehead atoms. The summed E-state index contributed by atoms with van der Waals surface area (Å²) >= 11 is 0. The summed E-state index contributed by atoms with van der Waals surface area (Å²) in [5.74, 6) is -0.404. The van der Waals surface area contributed by atoms with Crippen molar-refractivity contribution in [2.24, 2.45) is 0 Å². The Morgan fingerprint density at radius 3 is 2.64 bits per heavy atom. The zero-order valence-corrected chi connectivity index (χ0v) is 13.6. The maximum Gasteiger partial charge on any atom is 0.325 e. The SMILES string of the molecule is CN(C(=O)CN1C(=O)NC2(CCCC2)C1=O)C1CCNC1.Cl. The van der Waals surface area contributed by atoms with E-state index < -0.39 is 11.6 Å². The number of nitrogens with one attached hydrogen (secondary N) is 2. The molecular formula is C14H23ClN4O3. The van der Waals surface area contributed by atoms with E-state index in [1.165, 1.54) is 0 Å². The molecular weight excluding hydrogens is 308 g/mol. The molecule has 2 heterocycles. The largest absolute Gasteiger partial charge is 0.340 e. The van der Waals surface area contributed by atoms with Crippen molar-refractivity contribution in [3.63, 3.8) is 0 Å². The van der Waals surface area contributed by atoms with Crippen molar-refractivity contribution in [2.75, 3.05) is 26.7 Å². The lowest BCUT2D eigenvalue weighted by molar-refractivity contribution is -0.139. The van der Waals surface area contributed by atoms with Crippen LogP contribution in [0.5, 0.6) is 0 Å². The minimum atomic E-state index is -0.731. The average Bonchev–Trinajstić information content (AvgIpc) is 3.17. The lowest BCUT2D eigenvalue weighted by Gasteiger charge is -2.26. The predicted molar refractivity (Wildman–Crippen MR) is 82.7 cm³/mol. The number of nitrogens with zero attached hydrogens (tertiary/aromatic N) is 2. The number of urea groups is 1. The fourth-order valence-corrected chi connectivity index (χ4v) is 3.56. The molecule has 2 saturated heterocycles. The number of amides is 4. The van der Waals surface area contributed by atoms with Crippen LogP contribution in [0.2, 0.25) is 0 Å². The monoisotopic (exact) mass is 330 g/mol. The third-order valence-corrected chi connectivity index (χ3v) is 4.97. The maximum atomic E-state index is 12.5. The lowest BCUT2D eigenvalue weighted by atomic mass is 9.98. The van der Waals surface area contributed by atoms with E-state index in [9.17, 15) is 14.4 Å². The highest BCUT2D eigenvalue weighted by atomic mass is 35.5. The highest BCUT2D eigenvalue weighted by molar-refractivity contribution is 6.09. The highest BCUT2D eigenvalue weighted by Crippen LogP contribution is 2.34. The average molecular weight is 331 g/mol. The van der Waals surface area contributed by atoms with Crippen molar-refractivity contribution < 1.29 is 14.4 Å². The molecule has 1 atom stereocenters. The Hall–Kier alpha value is -1.34. The van der Waals surface area contributed by atoms with Gasteiger partial charge in [-0.25, -0.2) is 4.79 Å². The van der Waals surface area contributed by atoms with Gasteiger partial charge in [0.2, 0.25) is 5.91 Å². The summed E-state index contributed by atoms with van der Waals surface area (Å²) in [7, 11) is 1.74. The van der Waals surface area contributed by atoms with E-state index in [0.717, 1.165) is 37.3 Å². The Morgan fingerprint density at radius 2 is 2.05 bits per heavy atom. The van der Waals surface area contributed by atoms with E-state index in [1.807, 2.05) is 0 Å². The summed E-state index contributed by atoms with van der Waals surface area (Å²) in [6, 6.07) is -0.271. The molecule has 1 unspecified atom stereocenters. The van der Waals surface area contributed by atoms with Crippen molar-refractivity contribution in [2.45, 2.75) is 43.7 Å². The smallest absolute Gasteiger partial charge is 0.325 e. The third-order valence-electron chi connectivity index (χ3n) is 4.97. The van der Waals surface area contributed by atoms with Crippen LogP contribution in [-0.4, -0.2) is 65.9 Å². The molecule has 0 aromatic carbocycles. The Bertz CT molecular complexity index is 473. The fourth-order valence-electron chi connectivity index (χ4n) is 3.56. The van der Waals surface area contributed by atoms with Crippen molar-refractivity contribution in [3.05, 3.63) is 0 Å². The normalized spacial score (nSPS) is 26.2. The second kappa shape index (κ2) is 6.42. The minimum Gasteiger partial charge on any atom is -0.340 e. The number of likely N-dealkylation sites (N-methyl/N-ethyl adjacent to an activating group) is 1. The molecule has 8 heteroatoms. The first-order valence-electron chi connectivity index (χ1n) is 7.64. The van der Waals surface area contributed by atoms with Crippen LogP contribution in [0.1, 0.15) is 32.1 Å². The number of halogens is 1. The van der Waals surface area contributed by atoms with Crippen LogP contribution in [-0.2, 0) is 9.59 Å². The van der Waals surface area contributed by atoms with Crippen LogP contribution < -0.4 is 10.6 Å². The van der Waals surface area contributed by atoms with Gasteiger partial charge in [-0.3, -0.25) is 14.5 Å². The van der Waals surface area contributed by atoms with Gasteiger partial charge in [-0.2, -0.15) is 0 Å². The molecule has 0 radical (unpaired) electrons. The van der Waals surface area contributed by atoms with E-state index in [4.69, 9.17) is 0 Å². The number of carbonyl (C=O) groups excluding carboxylic acids is 3. The van der Waals surface area contributed by atoms with Crippen LogP contribution in [0.25, 0.3) is 0 Å². The first-order valence-corrected chi connectivity index (χ1v) is 7.64. The van der Waals surface area contributed by atoms with E-state index in [-0.39, 0.29) is 36.8 Å². The Kier molecular flexibility index (Phi) is 4.97. The van der Waals surface area contributed by atoms with Gasteiger partial charge in [-0.15, -0.1) is 12.4 Å². The van der Waals surface area contributed by atoms with Crippen LogP contribution in [0.15, 0.2) is 0 Å². The van der Waals surface area contributed by atoms with Gasteiger partial charge in [-0.05, 0) is 25.8 Å². The van der Waals surface area contributed by atoms with Crippen LogP contribution >= 0.6 is 12.4 Å². The predicted octanol–water partition coefficient (Wildman–Crippen LogP) is 0.0931. The van der Waals surface area contributed by atoms with Gasteiger partial charge in [0.05, 0.1) is 0 Å². The quantitative estimate of drug-likeness (QED) is 0.719. The molecule has 2 aliphatic heterocycles. The van der Waals surface area contributed by atoms with Crippen molar-refractivity contribution >= 4 is 30.3 Å². The molecule has 3 rings (SSSR count). The van der Waals surface area contributed by atoms with Crippen LogP contribution in [0.3, 0.4) is 0 Å². The second-order valence-electron chi connectivity index (χ2n) is 6.26. The van der Waals surface area contributed by atoms with Crippen molar-refractivity contribution in [1.29, 1.82) is 0 Å². The molecule has 0 aromatic heterocycles. The minimum absolute atomic E-state index is 0. The van der Waals surface area contributed by atoms with Gasteiger partial charge in [0.25, 0.3) is 5.91 Å². The Morgan fingerprint density at radius 1 is 1.36 bits per heavy atom. The van der Waals surface area contributed by atoms with E-state index in [2.05, 4.69) is 10.6 Å². The molecule has 7 nitrogen and oxygen atoms in total. The zero-order chi connectivity index (χ0) is 15.0. The Labute approximate surface area is 136 Å². The molecule has 124 valence electrons. The van der Waals surface area contributed by atoms with E-state index >= 15 is 0 Å². The molecule has 1 spiro atoms. The molecule has 3 aliphatic rings. The number of hydrogen-bond acceptors (Lipinski definition) is 4. The standard InChI is InChI=1S/C14H22N4O3.ClH/c1-17(10-4-7-15-8-10)11(19)9-18-12(20)14(16-13(18)21)5-2-3-6-14;/h10,15H,2-9H2,1H3,(H,16,21);1H. The van der Waals surface area contributed by atoms with Crippen LogP contribution in [0, 0.1) is 0 Å². The molecule has 1 aliphatic carbocycles. The lowest BCUT2D eigenvalue weighted by Crippen LogP contribution is -2.47. The fraction of sp³-hybridized carbons (Fsp3) is 0.786. The highest BCUT2D eigenvalue weighted by Gasteiger charge is 2.52. The third kappa shape index (κ3) is 2.79. The molecule has 0 aromatic rings. The summed E-state index contributed by atoms with van der Waals surface area (Å²) in [6.45, 7) is 1.51. The molecule has 3 fully saturated rings. The molecule has 22 heavy (non-hydrogen) atoms. The summed E-state index contributed by atoms with van der Waals surface area (Å²) in [4.78, 5) is 39.6. The van der Waals surface area contributed by atoms with Gasteiger partial charge in [0.15, 0.2) is 0 Å². The molecule has 4 amide bonds. The van der Waals surface area contributed by atoms with Crippen molar-refractivity contribution in [1.82, 2.24) is 20.4 Å². The zero-order valence-electron chi connectivity index (χ0n) is 12.8. The second-order valence-corrected chi connectivity index (χ2v) is 6.26. The van der Waals surface area contributed by atoms with Gasteiger partial charge in [0.1, 0.15) is 12.1 Å². The number of hydrogen-bond donors (Lipinski definition) is 2. The van der Waals surface area contributed by atoms with Crippen LogP contribution in [0.4, 0.5) is 4.79 Å². The van der Waals surface area contributed by atoms with E-state index in [1.54, 1.807) is 11.9 Å². The first kappa shape index (κ1) is 17.0. The summed E-state index contributed by atoms with van der Waals surface area (Å²) in [6.07, 6.45) is 4.17. The Balaban J connectivity index is 0.00000176. The van der Waals surface area contributed by atoms with E-state index in [0.29, 0.717) is 12.8 Å². The van der Waals surface area contributed by atoms with Gasteiger partial charge in [0, 0.05) is 19.6 Å². The van der Waals surface area contributed by atoms with Crippen molar-refractivity contribution in [3.8, 4) is 0 Å². The number of rotatable bonds is 3. The maximum absolute atomic E-state index is 12.5. The molecule has 1 saturated carbocycles. The number of imide groups is 1.